The number of hydrogen-bond donors (Lipinski definition) is 1. The van der Waals surface area contributed by atoms with Crippen LogP contribution in [0.25, 0.3) is 0 Å². The Morgan fingerprint density at radius 3 is 2.44 bits per heavy atom. The number of hydrogen-bond acceptors (Lipinski definition) is 3. The van der Waals surface area contributed by atoms with Gasteiger partial charge in [-0.05, 0) is 49.7 Å². The molecule has 5 nitrogen and oxygen atoms in total. The minimum atomic E-state index is -0.168. The molecule has 1 atom stereocenters. The molecule has 0 unspecified atom stereocenters. The predicted octanol–water partition coefficient (Wildman–Crippen LogP) is 4.67. The number of carbonyl (C=O) groups excluding carboxylic acids is 2. The number of amides is 2. The van der Waals surface area contributed by atoms with Crippen LogP contribution in [0.15, 0.2) is 71.3 Å². The van der Waals surface area contributed by atoms with Gasteiger partial charge in [0.1, 0.15) is 5.76 Å². The first-order valence-corrected chi connectivity index (χ1v) is 8.75. The molecular formula is C22H22N2O3. The van der Waals surface area contributed by atoms with Crippen molar-refractivity contribution in [2.45, 2.75) is 19.9 Å². The molecule has 2 aromatic carbocycles. The van der Waals surface area contributed by atoms with E-state index in [-0.39, 0.29) is 17.9 Å². The Labute approximate surface area is 158 Å². The zero-order valence-electron chi connectivity index (χ0n) is 15.6. The lowest BCUT2D eigenvalue weighted by Crippen LogP contribution is -2.29. The molecule has 0 aliphatic rings. The highest BCUT2D eigenvalue weighted by molar-refractivity contribution is 6.04. The second-order valence-electron chi connectivity index (χ2n) is 6.43. The van der Waals surface area contributed by atoms with Crippen LogP contribution < -0.4 is 5.32 Å². The van der Waals surface area contributed by atoms with E-state index in [0.29, 0.717) is 22.6 Å². The van der Waals surface area contributed by atoms with E-state index in [2.05, 4.69) is 5.32 Å². The Morgan fingerprint density at radius 1 is 1.04 bits per heavy atom. The van der Waals surface area contributed by atoms with E-state index >= 15 is 0 Å². The molecule has 138 valence electrons. The average molecular weight is 362 g/mol. The van der Waals surface area contributed by atoms with Crippen molar-refractivity contribution in [3.63, 3.8) is 0 Å². The van der Waals surface area contributed by atoms with Gasteiger partial charge < -0.3 is 14.6 Å². The molecule has 5 heteroatoms. The highest BCUT2D eigenvalue weighted by atomic mass is 16.3. The number of benzene rings is 2. The van der Waals surface area contributed by atoms with Crippen molar-refractivity contribution in [2.24, 2.45) is 0 Å². The van der Waals surface area contributed by atoms with Crippen molar-refractivity contribution in [2.75, 3.05) is 12.4 Å². The molecule has 1 aromatic heterocycles. The van der Waals surface area contributed by atoms with Gasteiger partial charge in [0.25, 0.3) is 11.8 Å². The van der Waals surface area contributed by atoms with Crippen LogP contribution >= 0.6 is 0 Å². The summed E-state index contributed by atoms with van der Waals surface area (Å²) in [6.45, 7) is 3.72. The first kappa shape index (κ1) is 18.5. The first-order valence-electron chi connectivity index (χ1n) is 8.75. The van der Waals surface area contributed by atoms with Gasteiger partial charge in [-0.1, -0.05) is 30.3 Å². The molecule has 1 N–H and O–H groups in total. The molecule has 0 fully saturated rings. The largest absolute Gasteiger partial charge is 0.469 e. The Morgan fingerprint density at radius 2 is 1.78 bits per heavy atom. The molecule has 0 aliphatic carbocycles. The summed E-state index contributed by atoms with van der Waals surface area (Å²) in [4.78, 5) is 26.7. The number of carbonyl (C=O) groups is 2. The van der Waals surface area contributed by atoms with Gasteiger partial charge in [-0.2, -0.15) is 0 Å². The number of nitrogens with one attached hydrogen (secondary N) is 1. The van der Waals surface area contributed by atoms with E-state index in [1.54, 1.807) is 37.1 Å². The van der Waals surface area contributed by atoms with Gasteiger partial charge in [0.15, 0.2) is 0 Å². The molecule has 0 saturated carbocycles. The summed E-state index contributed by atoms with van der Waals surface area (Å²) in [6.07, 6.45) is 1.51. The fourth-order valence-electron chi connectivity index (χ4n) is 2.87. The van der Waals surface area contributed by atoms with E-state index in [4.69, 9.17) is 4.42 Å². The lowest BCUT2D eigenvalue weighted by molar-refractivity contribution is 0.0740. The average Bonchev–Trinajstić information content (AvgIpc) is 3.13. The van der Waals surface area contributed by atoms with Crippen molar-refractivity contribution < 1.29 is 14.0 Å². The van der Waals surface area contributed by atoms with Crippen LogP contribution in [0.3, 0.4) is 0 Å². The van der Waals surface area contributed by atoms with E-state index < -0.39 is 0 Å². The van der Waals surface area contributed by atoms with Crippen molar-refractivity contribution in [1.82, 2.24) is 4.90 Å². The van der Waals surface area contributed by atoms with Gasteiger partial charge in [0.05, 0.1) is 17.9 Å². The third-order valence-electron chi connectivity index (χ3n) is 4.65. The van der Waals surface area contributed by atoms with Gasteiger partial charge in [0.2, 0.25) is 0 Å². The highest BCUT2D eigenvalue weighted by Crippen LogP contribution is 2.24. The van der Waals surface area contributed by atoms with Crippen LogP contribution in [0, 0.1) is 6.92 Å². The summed E-state index contributed by atoms with van der Waals surface area (Å²) in [5.74, 6) is 0.328. The third kappa shape index (κ3) is 4.08. The van der Waals surface area contributed by atoms with Gasteiger partial charge in [-0.15, -0.1) is 0 Å². The van der Waals surface area contributed by atoms with Gasteiger partial charge in [-0.25, -0.2) is 0 Å². The minimum absolute atomic E-state index is 0.104. The summed E-state index contributed by atoms with van der Waals surface area (Å²) in [5.41, 5.74) is 2.77. The lowest BCUT2D eigenvalue weighted by Gasteiger charge is -2.25. The second kappa shape index (κ2) is 7.91. The topological polar surface area (TPSA) is 62.6 Å². The third-order valence-corrected chi connectivity index (χ3v) is 4.65. The quantitative estimate of drug-likeness (QED) is 0.717. The maximum absolute atomic E-state index is 12.7. The van der Waals surface area contributed by atoms with Crippen molar-refractivity contribution in [3.05, 3.63) is 89.4 Å². The summed E-state index contributed by atoms with van der Waals surface area (Å²) in [5, 5.41) is 2.90. The molecule has 0 spiro atoms. The maximum Gasteiger partial charge on any atom is 0.257 e. The van der Waals surface area contributed by atoms with E-state index in [1.165, 1.54) is 6.26 Å². The summed E-state index contributed by atoms with van der Waals surface area (Å²) in [7, 11) is 1.76. The lowest BCUT2D eigenvalue weighted by atomic mass is 10.1. The molecule has 3 aromatic rings. The van der Waals surface area contributed by atoms with E-state index in [1.807, 2.05) is 49.4 Å². The van der Waals surface area contributed by atoms with Crippen LogP contribution in [0.4, 0.5) is 5.69 Å². The number of rotatable bonds is 5. The molecule has 0 aliphatic heterocycles. The highest BCUT2D eigenvalue weighted by Gasteiger charge is 2.22. The van der Waals surface area contributed by atoms with Crippen LogP contribution in [0.1, 0.15) is 45.0 Å². The fraction of sp³-hybridized carbons (Fsp3) is 0.182. The van der Waals surface area contributed by atoms with Crippen LogP contribution in [0.5, 0.6) is 0 Å². The normalized spacial score (nSPS) is 11.7. The summed E-state index contributed by atoms with van der Waals surface area (Å²) >= 11 is 0. The van der Waals surface area contributed by atoms with Crippen molar-refractivity contribution in [3.8, 4) is 0 Å². The molecule has 0 saturated heterocycles. The van der Waals surface area contributed by atoms with E-state index in [0.717, 1.165) is 5.56 Å². The number of nitrogens with zero attached hydrogens (tertiary/aromatic N) is 1. The monoisotopic (exact) mass is 362 g/mol. The number of anilines is 1. The number of furan rings is 1. The molecule has 2 amide bonds. The number of aryl methyl sites for hydroxylation is 1. The maximum atomic E-state index is 12.7. The van der Waals surface area contributed by atoms with Crippen molar-refractivity contribution >= 4 is 17.5 Å². The molecular weight excluding hydrogens is 340 g/mol. The Kier molecular flexibility index (Phi) is 5.41. The molecule has 1 heterocycles. The summed E-state index contributed by atoms with van der Waals surface area (Å²) in [6, 6.07) is 18.1. The van der Waals surface area contributed by atoms with Crippen LogP contribution in [0.2, 0.25) is 0 Å². The Bertz CT molecular complexity index is 947. The summed E-state index contributed by atoms with van der Waals surface area (Å²) < 4.78 is 5.23. The van der Waals surface area contributed by atoms with Crippen LogP contribution in [-0.2, 0) is 0 Å². The standard InChI is InChI=1S/C22H22N2O3/c1-15(24(3)22(26)20-12-13-27-16(20)2)18-10-7-11-19(14-18)23-21(25)17-8-5-4-6-9-17/h4-15H,1-3H3,(H,23,25)/t15-/m0/s1. The molecule has 3 rings (SSSR count). The Balaban J connectivity index is 1.75. The zero-order valence-corrected chi connectivity index (χ0v) is 15.6. The van der Waals surface area contributed by atoms with Crippen LogP contribution in [-0.4, -0.2) is 23.8 Å². The fourth-order valence-corrected chi connectivity index (χ4v) is 2.87. The second-order valence-corrected chi connectivity index (χ2v) is 6.43. The SMILES string of the molecule is Cc1occc1C(=O)N(C)[C@@H](C)c1cccc(NC(=O)c2ccccc2)c1. The molecule has 0 bridgehead atoms. The van der Waals surface area contributed by atoms with E-state index in [9.17, 15) is 9.59 Å². The zero-order chi connectivity index (χ0) is 19.4. The molecule has 27 heavy (non-hydrogen) atoms. The van der Waals surface area contributed by atoms with Gasteiger partial charge in [0, 0.05) is 18.3 Å². The van der Waals surface area contributed by atoms with Crippen molar-refractivity contribution in [1.29, 1.82) is 0 Å². The van der Waals surface area contributed by atoms with Gasteiger partial charge in [-0.3, -0.25) is 9.59 Å². The minimum Gasteiger partial charge on any atom is -0.469 e. The first-order chi connectivity index (χ1) is 13.0. The van der Waals surface area contributed by atoms with Gasteiger partial charge >= 0.3 is 0 Å². The Hall–Kier alpha value is -3.34. The molecule has 0 radical (unpaired) electrons. The smallest absolute Gasteiger partial charge is 0.257 e. The predicted molar refractivity (Wildman–Crippen MR) is 105 cm³/mol.